The Labute approximate surface area is 154 Å². The lowest BCUT2D eigenvalue weighted by molar-refractivity contribution is 0.0954. The van der Waals surface area contributed by atoms with Gasteiger partial charge >= 0.3 is 0 Å². The summed E-state index contributed by atoms with van der Waals surface area (Å²) in [6.45, 7) is 1.18. The van der Waals surface area contributed by atoms with Crippen LogP contribution in [0.25, 0.3) is 0 Å². The van der Waals surface area contributed by atoms with Crippen molar-refractivity contribution in [2.45, 2.75) is 13.0 Å². The molecule has 8 heteroatoms. The number of hydrogen-bond acceptors (Lipinski definition) is 5. The largest absolute Gasteiger partial charge is 0.454 e. The van der Waals surface area contributed by atoms with E-state index in [1.807, 2.05) is 18.2 Å². The molecule has 0 aliphatic carbocycles. The predicted octanol–water partition coefficient (Wildman–Crippen LogP) is 2.17. The molecule has 4 rings (SSSR count). The second kappa shape index (κ2) is 7.45. The summed E-state index contributed by atoms with van der Waals surface area (Å²) < 4.78 is 25.4. The van der Waals surface area contributed by atoms with E-state index in [1.54, 1.807) is 4.68 Å². The van der Waals surface area contributed by atoms with Crippen LogP contribution in [-0.2, 0) is 13.0 Å². The van der Waals surface area contributed by atoms with Crippen LogP contribution in [0.4, 0.5) is 4.39 Å². The number of benzene rings is 2. The molecule has 1 aliphatic rings. The number of carbonyl (C=O) groups is 1. The number of rotatable bonds is 6. The van der Waals surface area contributed by atoms with E-state index >= 15 is 0 Å². The van der Waals surface area contributed by atoms with Crippen molar-refractivity contribution < 1.29 is 18.7 Å². The van der Waals surface area contributed by atoms with Gasteiger partial charge in [0, 0.05) is 18.5 Å². The molecule has 0 radical (unpaired) electrons. The molecule has 3 aromatic rings. The van der Waals surface area contributed by atoms with Crippen LogP contribution in [0.1, 0.15) is 21.7 Å². The Morgan fingerprint density at radius 1 is 1.15 bits per heavy atom. The van der Waals surface area contributed by atoms with Crippen LogP contribution in [0.2, 0.25) is 0 Å². The zero-order valence-electron chi connectivity index (χ0n) is 14.4. The topological polar surface area (TPSA) is 78.3 Å². The summed E-state index contributed by atoms with van der Waals surface area (Å²) in [7, 11) is 0. The normalized spacial score (nSPS) is 12.2. The van der Waals surface area contributed by atoms with Gasteiger partial charge in [0.2, 0.25) is 6.79 Å². The van der Waals surface area contributed by atoms with Crippen molar-refractivity contribution in [2.24, 2.45) is 0 Å². The lowest BCUT2D eigenvalue weighted by Gasteiger charge is -2.08. The van der Waals surface area contributed by atoms with Gasteiger partial charge in [-0.1, -0.05) is 6.07 Å². The summed E-state index contributed by atoms with van der Waals surface area (Å²) in [4.78, 5) is 16.3. The summed E-state index contributed by atoms with van der Waals surface area (Å²) in [6, 6.07) is 11.2. The number of nitrogens with one attached hydrogen (secondary N) is 1. The lowest BCUT2D eigenvalue weighted by atomic mass is 10.2. The van der Waals surface area contributed by atoms with E-state index in [-0.39, 0.29) is 18.5 Å². The van der Waals surface area contributed by atoms with E-state index in [4.69, 9.17) is 9.47 Å². The molecule has 1 aliphatic heterocycles. The first-order valence-corrected chi connectivity index (χ1v) is 8.48. The smallest absolute Gasteiger partial charge is 0.251 e. The number of halogens is 1. The Morgan fingerprint density at radius 2 is 1.96 bits per heavy atom. The molecule has 0 unspecified atom stereocenters. The van der Waals surface area contributed by atoms with Crippen LogP contribution in [0, 0.1) is 5.82 Å². The maximum atomic E-state index is 12.9. The predicted molar refractivity (Wildman–Crippen MR) is 94.1 cm³/mol. The average Bonchev–Trinajstić information content (AvgIpc) is 3.31. The van der Waals surface area contributed by atoms with Gasteiger partial charge < -0.3 is 14.8 Å². The number of ether oxygens (including phenoxy) is 2. The minimum atomic E-state index is -0.372. The zero-order valence-corrected chi connectivity index (χ0v) is 14.4. The fraction of sp³-hybridized carbons (Fsp3) is 0.211. The number of aromatic nitrogens is 3. The highest BCUT2D eigenvalue weighted by molar-refractivity contribution is 5.94. The molecule has 27 heavy (non-hydrogen) atoms. The quantitative estimate of drug-likeness (QED) is 0.721. The first kappa shape index (κ1) is 17.0. The van der Waals surface area contributed by atoms with E-state index < -0.39 is 0 Å². The number of fused-ring (bicyclic) bond motifs is 1. The highest BCUT2D eigenvalue weighted by atomic mass is 19.1. The summed E-state index contributed by atoms with van der Waals surface area (Å²) in [5.74, 6) is 1.59. The van der Waals surface area contributed by atoms with Crippen LogP contribution in [0.15, 0.2) is 48.8 Å². The summed E-state index contributed by atoms with van der Waals surface area (Å²) in [6.07, 6.45) is 2.02. The second-order valence-electron chi connectivity index (χ2n) is 6.03. The van der Waals surface area contributed by atoms with Crippen LogP contribution < -0.4 is 14.8 Å². The molecule has 1 amide bonds. The fourth-order valence-corrected chi connectivity index (χ4v) is 2.82. The Hall–Kier alpha value is -3.42. The number of nitrogens with zero attached hydrogens (tertiary/aromatic N) is 3. The molecule has 0 atom stereocenters. The molecule has 2 aromatic carbocycles. The lowest BCUT2D eigenvalue weighted by Crippen LogP contribution is -2.26. The van der Waals surface area contributed by atoms with Gasteiger partial charge in [-0.25, -0.2) is 14.1 Å². The van der Waals surface area contributed by atoms with E-state index in [0.29, 0.717) is 25.1 Å². The summed E-state index contributed by atoms with van der Waals surface area (Å²) in [5.41, 5.74) is 1.43. The van der Waals surface area contributed by atoms with Gasteiger partial charge in [0.05, 0.1) is 6.54 Å². The third-order valence-corrected chi connectivity index (χ3v) is 4.21. The van der Waals surface area contributed by atoms with Crippen LogP contribution in [-0.4, -0.2) is 34.0 Å². The highest BCUT2D eigenvalue weighted by Crippen LogP contribution is 2.32. The Bertz CT molecular complexity index is 956. The van der Waals surface area contributed by atoms with Gasteiger partial charge in [-0.2, -0.15) is 5.10 Å². The number of carbonyl (C=O) groups excluding carboxylic acids is 1. The molecule has 0 saturated heterocycles. The van der Waals surface area contributed by atoms with Crippen LogP contribution >= 0.6 is 0 Å². The Morgan fingerprint density at radius 3 is 2.81 bits per heavy atom. The van der Waals surface area contributed by atoms with Gasteiger partial charge in [-0.3, -0.25) is 4.79 Å². The van der Waals surface area contributed by atoms with E-state index in [0.717, 1.165) is 22.9 Å². The zero-order chi connectivity index (χ0) is 18.6. The maximum absolute atomic E-state index is 12.9. The molecule has 0 saturated carbocycles. The molecule has 2 heterocycles. The molecular weight excluding hydrogens is 351 g/mol. The molecule has 1 N–H and O–H groups in total. The Balaban J connectivity index is 1.35. The molecule has 0 bridgehead atoms. The van der Waals surface area contributed by atoms with E-state index in [1.165, 1.54) is 30.6 Å². The van der Waals surface area contributed by atoms with Crippen molar-refractivity contribution in [1.29, 1.82) is 0 Å². The SMILES string of the molecule is O=C(NCCc1ncnn1Cc1ccc2c(c1)OCO2)c1ccc(F)cc1. The van der Waals surface area contributed by atoms with Crippen molar-refractivity contribution in [2.75, 3.05) is 13.3 Å². The number of hydrogen-bond donors (Lipinski definition) is 1. The van der Waals surface area contributed by atoms with E-state index in [9.17, 15) is 9.18 Å². The summed E-state index contributed by atoms with van der Waals surface area (Å²) in [5, 5.41) is 7.05. The molecule has 1 aromatic heterocycles. The first-order valence-electron chi connectivity index (χ1n) is 8.48. The Kier molecular flexibility index (Phi) is 4.69. The minimum Gasteiger partial charge on any atom is -0.454 e. The average molecular weight is 368 g/mol. The molecule has 7 nitrogen and oxygen atoms in total. The van der Waals surface area contributed by atoms with Crippen molar-refractivity contribution in [3.8, 4) is 11.5 Å². The fourth-order valence-electron chi connectivity index (χ4n) is 2.82. The minimum absolute atomic E-state index is 0.237. The first-order chi connectivity index (χ1) is 13.2. The van der Waals surface area contributed by atoms with Crippen molar-refractivity contribution in [3.63, 3.8) is 0 Å². The monoisotopic (exact) mass is 368 g/mol. The van der Waals surface area contributed by atoms with Gasteiger partial charge in [0.1, 0.15) is 18.0 Å². The third-order valence-electron chi connectivity index (χ3n) is 4.21. The van der Waals surface area contributed by atoms with Crippen molar-refractivity contribution in [1.82, 2.24) is 20.1 Å². The maximum Gasteiger partial charge on any atom is 0.251 e. The molecule has 0 spiro atoms. The molecular formula is C19H17FN4O3. The van der Waals surface area contributed by atoms with Gasteiger partial charge in [0.15, 0.2) is 11.5 Å². The standard InChI is InChI=1S/C19H17FN4O3/c20-15-4-2-14(3-5-15)19(25)21-8-7-18-22-11-23-24(18)10-13-1-6-16-17(9-13)27-12-26-16/h1-6,9,11H,7-8,10,12H2,(H,21,25). The van der Waals surface area contributed by atoms with Gasteiger partial charge in [-0.15, -0.1) is 0 Å². The van der Waals surface area contributed by atoms with Gasteiger partial charge in [0.25, 0.3) is 5.91 Å². The van der Waals surface area contributed by atoms with Gasteiger partial charge in [-0.05, 0) is 42.0 Å². The van der Waals surface area contributed by atoms with Crippen LogP contribution in [0.5, 0.6) is 11.5 Å². The molecule has 0 fully saturated rings. The summed E-state index contributed by atoms with van der Waals surface area (Å²) >= 11 is 0. The number of amides is 1. The van der Waals surface area contributed by atoms with Crippen LogP contribution in [0.3, 0.4) is 0 Å². The molecule has 138 valence electrons. The van der Waals surface area contributed by atoms with Crippen molar-refractivity contribution >= 4 is 5.91 Å². The van der Waals surface area contributed by atoms with Crippen molar-refractivity contribution in [3.05, 3.63) is 71.6 Å². The third kappa shape index (κ3) is 3.89. The highest BCUT2D eigenvalue weighted by Gasteiger charge is 2.14. The second-order valence-corrected chi connectivity index (χ2v) is 6.03. The van der Waals surface area contributed by atoms with E-state index in [2.05, 4.69) is 15.4 Å².